The van der Waals surface area contributed by atoms with Crippen molar-refractivity contribution in [3.63, 3.8) is 0 Å². The van der Waals surface area contributed by atoms with Gasteiger partial charge in [-0.15, -0.1) is 0 Å². The third-order valence-corrected chi connectivity index (χ3v) is 12.1. The van der Waals surface area contributed by atoms with Gasteiger partial charge in [-0.05, 0) is 130 Å². The summed E-state index contributed by atoms with van der Waals surface area (Å²) in [6.07, 6.45) is 11.4. The van der Waals surface area contributed by atoms with Gasteiger partial charge in [0.05, 0.1) is 16.6 Å². The molecule has 5 fully saturated rings. The SMILES string of the molecule is O=C(N[C@@H]1CCc2ccc(C(=O)N3CCC4(CCC(C(=O)C[C@H]5CN6CCC5CC6)CC4)CC3)cc21)c1ccccc1Cl. The van der Waals surface area contributed by atoms with Crippen LogP contribution in [-0.4, -0.2) is 60.1 Å². The Morgan fingerprint density at radius 1 is 0.884 bits per heavy atom. The van der Waals surface area contributed by atoms with Gasteiger partial charge in [0.15, 0.2) is 0 Å². The Labute approximate surface area is 260 Å². The second kappa shape index (κ2) is 12.0. The smallest absolute Gasteiger partial charge is 0.253 e. The zero-order valence-corrected chi connectivity index (χ0v) is 25.9. The van der Waals surface area contributed by atoms with Crippen molar-refractivity contribution < 1.29 is 14.4 Å². The average molecular weight is 602 g/mol. The fourth-order valence-corrected chi connectivity index (χ4v) is 9.15. The van der Waals surface area contributed by atoms with Crippen LogP contribution in [0.25, 0.3) is 0 Å². The predicted octanol–water partition coefficient (Wildman–Crippen LogP) is 6.47. The average Bonchev–Trinajstić information content (AvgIpc) is 3.44. The highest BCUT2D eigenvalue weighted by Crippen LogP contribution is 2.47. The third-order valence-electron chi connectivity index (χ3n) is 11.8. The van der Waals surface area contributed by atoms with Gasteiger partial charge in [0.1, 0.15) is 5.78 Å². The van der Waals surface area contributed by atoms with Crippen LogP contribution in [0.3, 0.4) is 0 Å². The topological polar surface area (TPSA) is 69.7 Å². The summed E-state index contributed by atoms with van der Waals surface area (Å²) >= 11 is 6.25. The lowest BCUT2D eigenvalue weighted by Gasteiger charge is -2.47. The Balaban J connectivity index is 0.923. The molecule has 1 N–H and O–H groups in total. The number of ketones is 1. The molecule has 2 aromatic carbocycles. The predicted molar refractivity (Wildman–Crippen MR) is 168 cm³/mol. The maximum absolute atomic E-state index is 13.6. The lowest BCUT2D eigenvalue weighted by atomic mass is 9.64. The maximum Gasteiger partial charge on any atom is 0.253 e. The molecule has 2 amide bonds. The Bertz CT molecular complexity index is 1380. The van der Waals surface area contributed by atoms with Gasteiger partial charge in [0, 0.05) is 37.5 Å². The van der Waals surface area contributed by atoms with Crippen molar-refractivity contribution in [1.29, 1.82) is 0 Å². The number of nitrogens with one attached hydrogen (secondary N) is 1. The van der Waals surface area contributed by atoms with Crippen molar-refractivity contribution in [3.05, 3.63) is 69.7 Å². The van der Waals surface area contributed by atoms with E-state index in [1.165, 1.54) is 31.5 Å². The van der Waals surface area contributed by atoms with E-state index in [1.54, 1.807) is 12.1 Å². The number of fused-ring (bicyclic) bond motifs is 4. The zero-order chi connectivity index (χ0) is 29.6. The van der Waals surface area contributed by atoms with E-state index in [0.29, 0.717) is 27.9 Å². The van der Waals surface area contributed by atoms with E-state index in [4.69, 9.17) is 11.6 Å². The normalized spacial score (nSPS) is 28.1. The van der Waals surface area contributed by atoms with Crippen LogP contribution in [0, 0.1) is 23.2 Å². The number of rotatable bonds is 6. The summed E-state index contributed by atoms with van der Waals surface area (Å²) in [6, 6.07) is 13.0. The minimum Gasteiger partial charge on any atom is -0.345 e. The summed E-state index contributed by atoms with van der Waals surface area (Å²) in [5.74, 6) is 2.04. The van der Waals surface area contributed by atoms with Gasteiger partial charge in [-0.1, -0.05) is 29.8 Å². The van der Waals surface area contributed by atoms with Crippen molar-refractivity contribution in [3.8, 4) is 0 Å². The molecule has 4 heterocycles. The summed E-state index contributed by atoms with van der Waals surface area (Å²) in [4.78, 5) is 44.4. The van der Waals surface area contributed by atoms with Crippen LogP contribution in [0.2, 0.25) is 5.02 Å². The van der Waals surface area contributed by atoms with Crippen molar-refractivity contribution in [1.82, 2.24) is 15.1 Å². The highest BCUT2D eigenvalue weighted by atomic mass is 35.5. The maximum atomic E-state index is 13.6. The molecule has 0 unspecified atom stereocenters. The summed E-state index contributed by atoms with van der Waals surface area (Å²) < 4.78 is 0. The Morgan fingerprint density at radius 3 is 2.33 bits per heavy atom. The molecule has 2 aliphatic carbocycles. The second-order valence-corrected chi connectivity index (χ2v) is 14.5. The Kier molecular flexibility index (Phi) is 8.11. The van der Waals surface area contributed by atoms with Gasteiger partial charge >= 0.3 is 0 Å². The molecule has 2 atom stereocenters. The summed E-state index contributed by atoms with van der Waals surface area (Å²) in [6.45, 7) is 5.16. The quantitative estimate of drug-likeness (QED) is 0.412. The number of Topliss-reactive ketones (excluding diaryl/α,β-unsaturated/α-hetero) is 1. The van der Waals surface area contributed by atoms with Crippen LogP contribution in [0.15, 0.2) is 42.5 Å². The molecule has 6 nitrogen and oxygen atoms in total. The second-order valence-electron chi connectivity index (χ2n) is 14.1. The lowest BCUT2D eigenvalue weighted by molar-refractivity contribution is -0.127. The summed E-state index contributed by atoms with van der Waals surface area (Å²) in [5.41, 5.74) is 3.70. The van der Waals surface area contributed by atoms with Crippen molar-refractivity contribution in [2.24, 2.45) is 23.2 Å². The largest absolute Gasteiger partial charge is 0.345 e. The van der Waals surface area contributed by atoms with E-state index in [-0.39, 0.29) is 29.2 Å². The van der Waals surface area contributed by atoms with E-state index < -0.39 is 0 Å². The molecular weight excluding hydrogens is 558 g/mol. The number of hydrogen-bond donors (Lipinski definition) is 1. The molecule has 1 spiro atoms. The molecule has 7 heteroatoms. The molecule has 43 heavy (non-hydrogen) atoms. The van der Waals surface area contributed by atoms with E-state index in [0.717, 1.165) is 88.9 Å². The van der Waals surface area contributed by atoms with Crippen LogP contribution in [-0.2, 0) is 11.2 Å². The van der Waals surface area contributed by atoms with Gasteiger partial charge in [0.2, 0.25) is 0 Å². The highest BCUT2D eigenvalue weighted by Gasteiger charge is 2.42. The van der Waals surface area contributed by atoms with Crippen molar-refractivity contribution >= 4 is 29.2 Å². The van der Waals surface area contributed by atoms with Crippen LogP contribution >= 0.6 is 11.6 Å². The van der Waals surface area contributed by atoms with E-state index >= 15 is 0 Å². The van der Waals surface area contributed by atoms with Gasteiger partial charge in [-0.3, -0.25) is 14.4 Å². The van der Waals surface area contributed by atoms with Crippen LogP contribution < -0.4 is 5.32 Å². The van der Waals surface area contributed by atoms with Crippen LogP contribution in [0.4, 0.5) is 0 Å². The monoisotopic (exact) mass is 601 g/mol. The third kappa shape index (κ3) is 5.90. The molecule has 4 aliphatic heterocycles. The molecular formula is C36H44ClN3O3. The molecule has 0 aromatic heterocycles. The Hall–Kier alpha value is -2.70. The highest BCUT2D eigenvalue weighted by molar-refractivity contribution is 6.33. The number of carbonyl (C=O) groups is 3. The number of carbonyl (C=O) groups excluding carboxylic acids is 3. The number of piperidine rings is 4. The minimum atomic E-state index is -0.183. The van der Waals surface area contributed by atoms with Gasteiger partial charge < -0.3 is 15.1 Å². The van der Waals surface area contributed by atoms with Crippen LogP contribution in [0.1, 0.15) is 102 Å². The van der Waals surface area contributed by atoms with Crippen molar-refractivity contribution in [2.75, 3.05) is 32.7 Å². The van der Waals surface area contributed by atoms with E-state index in [9.17, 15) is 14.4 Å². The fourth-order valence-electron chi connectivity index (χ4n) is 8.93. The molecule has 1 saturated carbocycles. The molecule has 2 aromatic rings. The number of amides is 2. The number of likely N-dealkylation sites (tertiary alicyclic amines) is 1. The van der Waals surface area contributed by atoms with Gasteiger partial charge in [-0.25, -0.2) is 0 Å². The molecule has 4 saturated heterocycles. The molecule has 228 valence electrons. The number of halogens is 1. The number of nitrogens with zero attached hydrogens (tertiary/aromatic N) is 2. The first kappa shape index (κ1) is 29.0. The molecule has 6 aliphatic rings. The lowest BCUT2D eigenvalue weighted by Crippen LogP contribution is -2.48. The molecule has 8 rings (SSSR count). The van der Waals surface area contributed by atoms with Gasteiger partial charge in [-0.2, -0.15) is 0 Å². The summed E-state index contributed by atoms with van der Waals surface area (Å²) in [7, 11) is 0. The standard InChI is InChI=1S/C36H44ClN3O3/c37-31-4-2-1-3-29(31)34(42)38-32-8-7-25-5-6-27(21-30(25)32)35(43)40-19-15-36(16-20-40)13-9-26(10-14-36)33(41)22-28-23-39-17-11-24(28)12-18-39/h1-6,21,24,26,28,32H,7-20,22-23H2,(H,38,42)/t28-,32+/m0/s1. The molecule has 2 bridgehead atoms. The van der Waals surface area contributed by atoms with E-state index in [1.807, 2.05) is 29.2 Å². The van der Waals surface area contributed by atoms with Crippen molar-refractivity contribution in [2.45, 2.75) is 76.7 Å². The summed E-state index contributed by atoms with van der Waals surface area (Å²) in [5, 5.41) is 3.58. The molecule has 0 radical (unpaired) electrons. The number of hydrogen-bond acceptors (Lipinski definition) is 4. The first-order chi connectivity index (χ1) is 20.9. The fraction of sp³-hybridized carbons (Fsp3) is 0.583. The number of aryl methyl sites for hydroxylation is 1. The first-order valence-electron chi connectivity index (χ1n) is 16.6. The first-order valence-corrected chi connectivity index (χ1v) is 17.0. The number of benzene rings is 2. The van der Waals surface area contributed by atoms with Crippen LogP contribution in [0.5, 0.6) is 0 Å². The minimum absolute atomic E-state index is 0.0853. The van der Waals surface area contributed by atoms with E-state index in [2.05, 4.69) is 16.3 Å². The Morgan fingerprint density at radius 2 is 1.63 bits per heavy atom. The van der Waals surface area contributed by atoms with Gasteiger partial charge in [0.25, 0.3) is 11.8 Å². The zero-order valence-electron chi connectivity index (χ0n) is 25.2.